The molecule has 0 amide bonds. The Morgan fingerprint density at radius 1 is 1.82 bits per heavy atom. The van der Waals surface area contributed by atoms with Gasteiger partial charge in [-0.3, -0.25) is 0 Å². The second-order valence-electron chi connectivity index (χ2n) is 2.23. The zero-order chi connectivity index (χ0) is 8.27. The summed E-state index contributed by atoms with van der Waals surface area (Å²) in [6.07, 6.45) is 1.55. The Morgan fingerprint density at radius 3 is 3.00 bits per heavy atom. The molecule has 3 nitrogen and oxygen atoms in total. The van der Waals surface area contributed by atoms with Crippen LogP contribution in [0.1, 0.15) is 6.42 Å². The van der Waals surface area contributed by atoms with Crippen LogP contribution in [0.2, 0.25) is 0 Å². The minimum Gasteiger partial charge on any atom is -0.494 e. The maximum atomic E-state index is 10.7. The molecule has 0 aromatic carbocycles. The van der Waals surface area contributed by atoms with E-state index in [1.54, 1.807) is 0 Å². The van der Waals surface area contributed by atoms with Crippen molar-refractivity contribution in [2.45, 2.75) is 12.5 Å². The summed E-state index contributed by atoms with van der Waals surface area (Å²) in [7, 11) is 0. The first-order chi connectivity index (χ1) is 5.24. The van der Waals surface area contributed by atoms with Crippen LogP contribution in [0.5, 0.6) is 0 Å². The Hall–Kier alpha value is -1.25. The summed E-state index contributed by atoms with van der Waals surface area (Å²) >= 11 is 0. The van der Waals surface area contributed by atoms with Gasteiger partial charge in [0.1, 0.15) is 5.76 Å². The summed E-state index contributed by atoms with van der Waals surface area (Å²) in [5, 5.41) is 0. The highest BCUT2D eigenvalue weighted by Crippen LogP contribution is 2.18. The smallest absolute Gasteiger partial charge is 0.330 e. The fraction of sp³-hybridized carbons (Fsp3) is 0.375. The zero-order valence-electron chi connectivity index (χ0n) is 6.21. The van der Waals surface area contributed by atoms with Crippen LogP contribution in [0, 0.1) is 0 Å². The molecule has 1 atom stereocenters. The third-order valence-corrected chi connectivity index (χ3v) is 1.45. The van der Waals surface area contributed by atoms with Gasteiger partial charge in [-0.15, -0.1) is 0 Å². The number of carbonyl (C=O) groups excluding carboxylic acids is 1. The molecule has 1 heterocycles. The maximum Gasteiger partial charge on any atom is 0.330 e. The summed E-state index contributed by atoms with van der Waals surface area (Å²) in [5.41, 5.74) is 0. The molecule has 0 aromatic rings. The van der Waals surface area contributed by atoms with Crippen molar-refractivity contribution < 1.29 is 14.3 Å². The van der Waals surface area contributed by atoms with E-state index in [1.165, 1.54) is 0 Å². The fourth-order valence-electron chi connectivity index (χ4n) is 0.864. The van der Waals surface area contributed by atoms with E-state index >= 15 is 0 Å². The first-order valence-electron chi connectivity index (χ1n) is 3.38. The summed E-state index contributed by atoms with van der Waals surface area (Å²) in [6.45, 7) is 7.45. The van der Waals surface area contributed by atoms with E-state index in [4.69, 9.17) is 9.47 Å². The van der Waals surface area contributed by atoms with Crippen molar-refractivity contribution in [3.05, 3.63) is 25.0 Å². The van der Waals surface area contributed by atoms with Crippen molar-refractivity contribution in [1.82, 2.24) is 0 Å². The molecular weight excluding hydrogens is 144 g/mol. The van der Waals surface area contributed by atoms with Crippen LogP contribution in [0.15, 0.2) is 25.0 Å². The van der Waals surface area contributed by atoms with Gasteiger partial charge in [-0.1, -0.05) is 13.2 Å². The molecule has 3 heteroatoms. The number of hydrogen-bond donors (Lipinski definition) is 0. The van der Waals surface area contributed by atoms with Gasteiger partial charge in [0.2, 0.25) is 0 Å². The number of carbonyl (C=O) groups is 1. The highest BCUT2D eigenvalue weighted by atomic mass is 16.6. The molecule has 1 unspecified atom stereocenters. The second kappa shape index (κ2) is 3.23. The molecule has 1 aliphatic rings. The molecule has 0 aromatic heterocycles. The van der Waals surface area contributed by atoms with Crippen molar-refractivity contribution in [3.8, 4) is 0 Å². The lowest BCUT2D eigenvalue weighted by atomic mass is 10.3. The molecule has 1 aliphatic heterocycles. The molecule has 0 radical (unpaired) electrons. The Labute approximate surface area is 65.3 Å². The van der Waals surface area contributed by atoms with E-state index in [9.17, 15) is 4.79 Å². The molecule has 0 spiro atoms. The summed E-state index contributed by atoms with van der Waals surface area (Å²) < 4.78 is 9.90. The van der Waals surface area contributed by atoms with E-state index < -0.39 is 5.97 Å². The molecular formula is C8H10O3. The molecule has 1 fully saturated rings. The summed E-state index contributed by atoms with van der Waals surface area (Å²) in [6, 6.07) is 0. The van der Waals surface area contributed by atoms with Crippen LogP contribution in [0.25, 0.3) is 0 Å². The highest BCUT2D eigenvalue weighted by molar-refractivity contribution is 5.81. The van der Waals surface area contributed by atoms with Crippen LogP contribution >= 0.6 is 0 Å². The van der Waals surface area contributed by atoms with Crippen molar-refractivity contribution in [2.24, 2.45) is 0 Å². The van der Waals surface area contributed by atoms with Gasteiger partial charge in [-0.25, -0.2) is 4.79 Å². The normalized spacial score (nSPS) is 22.5. The van der Waals surface area contributed by atoms with Crippen molar-refractivity contribution >= 4 is 5.97 Å². The molecule has 11 heavy (non-hydrogen) atoms. The SMILES string of the molecule is C=CC(=O)OC1CCOC1=C. The minimum absolute atomic E-state index is 0.277. The first kappa shape index (κ1) is 7.85. The topological polar surface area (TPSA) is 35.5 Å². The minimum atomic E-state index is -0.429. The van der Waals surface area contributed by atoms with Gasteiger partial charge in [0.15, 0.2) is 6.10 Å². The van der Waals surface area contributed by atoms with E-state index in [-0.39, 0.29) is 6.10 Å². The molecule has 60 valence electrons. The highest BCUT2D eigenvalue weighted by Gasteiger charge is 2.23. The third kappa shape index (κ3) is 1.83. The zero-order valence-corrected chi connectivity index (χ0v) is 6.21. The molecule has 0 saturated carbocycles. The predicted octanol–water partition coefficient (Wildman–Crippen LogP) is 1.02. The van der Waals surface area contributed by atoms with Crippen molar-refractivity contribution in [3.63, 3.8) is 0 Å². The monoisotopic (exact) mass is 154 g/mol. The Balaban J connectivity index is 2.42. The molecule has 1 saturated heterocycles. The van der Waals surface area contributed by atoms with Crippen molar-refractivity contribution in [1.29, 1.82) is 0 Å². The number of esters is 1. The molecule has 0 aliphatic carbocycles. The standard InChI is InChI=1S/C8H10O3/c1-3-8(9)11-7-4-5-10-6(7)2/h3,7H,1-2,4-5H2. The molecule has 0 N–H and O–H groups in total. The Kier molecular flexibility index (Phi) is 2.31. The van der Waals surface area contributed by atoms with Crippen LogP contribution in [0.3, 0.4) is 0 Å². The van der Waals surface area contributed by atoms with Gasteiger partial charge in [0.25, 0.3) is 0 Å². The van der Waals surface area contributed by atoms with Crippen LogP contribution < -0.4 is 0 Å². The lowest BCUT2D eigenvalue weighted by Crippen LogP contribution is -2.14. The Bertz CT molecular complexity index is 196. The van der Waals surface area contributed by atoms with Gasteiger partial charge in [0.05, 0.1) is 6.61 Å². The van der Waals surface area contributed by atoms with Crippen LogP contribution in [-0.4, -0.2) is 18.7 Å². The average Bonchev–Trinajstić information content (AvgIpc) is 2.37. The maximum absolute atomic E-state index is 10.7. The van der Waals surface area contributed by atoms with E-state index in [1.807, 2.05) is 0 Å². The number of hydrogen-bond acceptors (Lipinski definition) is 3. The number of rotatable bonds is 2. The largest absolute Gasteiger partial charge is 0.494 e. The summed E-state index contributed by atoms with van der Waals surface area (Å²) in [5.74, 6) is 0.0989. The van der Waals surface area contributed by atoms with Gasteiger partial charge in [0, 0.05) is 12.5 Å². The molecule has 0 bridgehead atoms. The second-order valence-corrected chi connectivity index (χ2v) is 2.23. The molecule has 1 rings (SSSR count). The fourth-order valence-corrected chi connectivity index (χ4v) is 0.864. The van der Waals surface area contributed by atoms with Gasteiger partial charge in [-0.05, 0) is 0 Å². The van der Waals surface area contributed by atoms with Crippen LogP contribution in [0.4, 0.5) is 0 Å². The lowest BCUT2D eigenvalue weighted by Gasteiger charge is -2.07. The quantitative estimate of drug-likeness (QED) is 0.440. The van der Waals surface area contributed by atoms with Gasteiger partial charge >= 0.3 is 5.97 Å². The summed E-state index contributed by atoms with van der Waals surface area (Å²) in [4.78, 5) is 10.7. The average molecular weight is 154 g/mol. The predicted molar refractivity (Wildman–Crippen MR) is 39.8 cm³/mol. The van der Waals surface area contributed by atoms with Gasteiger partial charge in [-0.2, -0.15) is 0 Å². The van der Waals surface area contributed by atoms with Crippen LogP contribution in [-0.2, 0) is 14.3 Å². The Morgan fingerprint density at radius 2 is 2.55 bits per heavy atom. The van der Waals surface area contributed by atoms with E-state index in [0.29, 0.717) is 18.8 Å². The van der Waals surface area contributed by atoms with Gasteiger partial charge < -0.3 is 9.47 Å². The number of ether oxygens (including phenoxy) is 2. The van der Waals surface area contributed by atoms with E-state index in [2.05, 4.69) is 13.2 Å². The lowest BCUT2D eigenvalue weighted by molar-refractivity contribution is -0.141. The van der Waals surface area contributed by atoms with Crippen molar-refractivity contribution in [2.75, 3.05) is 6.61 Å². The third-order valence-electron chi connectivity index (χ3n) is 1.45. The first-order valence-corrected chi connectivity index (χ1v) is 3.38. The van der Waals surface area contributed by atoms with E-state index in [0.717, 1.165) is 6.08 Å².